The number of aryl methyl sites for hydroxylation is 1. The van der Waals surface area contributed by atoms with Crippen LogP contribution in [0, 0.1) is 5.82 Å². The van der Waals surface area contributed by atoms with Crippen LogP contribution in [0.1, 0.15) is 26.1 Å². The fraction of sp³-hybridized carbons (Fsp3) is 0.429. The minimum Gasteiger partial charge on any atom is -0.466 e. The molecule has 102 valence electrons. The Morgan fingerprint density at radius 2 is 2.21 bits per heavy atom. The summed E-state index contributed by atoms with van der Waals surface area (Å²) in [6.07, 6.45) is 1.03. The summed E-state index contributed by atoms with van der Waals surface area (Å²) in [6.45, 7) is 4.91. The van der Waals surface area contributed by atoms with Gasteiger partial charge in [-0.2, -0.15) is 0 Å². The van der Waals surface area contributed by atoms with Crippen LogP contribution < -0.4 is 0 Å². The summed E-state index contributed by atoms with van der Waals surface area (Å²) in [5.41, 5.74) is 1.43. The van der Waals surface area contributed by atoms with Crippen molar-refractivity contribution in [3.8, 4) is 0 Å². The maximum Gasteiger partial charge on any atom is 0.313 e. The van der Waals surface area contributed by atoms with Crippen molar-refractivity contribution in [1.29, 1.82) is 0 Å². The first-order chi connectivity index (χ1) is 9.15. The highest BCUT2D eigenvalue weighted by atomic mass is 19.1. The molecular weight excluding hydrogens is 247 g/mol. The number of rotatable bonds is 5. The standard InChI is InChI=1S/C14H17FN2O2/c1-3-7-17-12-6-5-10(15)8-11(12)16-13(17)9-14(18)19-4-2/h5-6,8H,3-4,7,9H2,1-2H3. The largest absolute Gasteiger partial charge is 0.466 e. The molecule has 0 aliphatic carbocycles. The van der Waals surface area contributed by atoms with Crippen molar-refractivity contribution < 1.29 is 13.9 Å². The molecule has 2 rings (SSSR count). The Hall–Kier alpha value is -1.91. The van der Waals surface area contributed by atoms with Gasteiger partial charge in [0.25, 0.3) is 0 Å². The molecule has 0 bridgehead atoms. The van der Waals surface area contributed by atoms with Crippen molar-refractivity contribution in [2.24, 2.45) is 0 Å². The van der Waals surface area contributed by atoms with E-state index in [1.807, 2.05) is 11.5 Å². The number of benzene rings is 1. The maximum absolute atomic E-state index is 13.2. The van der Waals surface area contributed by atoms with E-state index in [0.29, 0.717) is 17.9 Å². The predicted octanol–water partition coefficient (Wildman–Crippen LogP) is 2.69. The lowest BCUT2D eigenvalue weighted by Crippen LogP contribution is -2.12. The SMILES string of the molecule is CCCn1c(CC(=O)OCC)nc2cc(F)ccc21. The quantitative estimate of drug-likeness (QED) is 0.780. The van der Waals surface area contributed by atoms with E-state index in [9.17, 15) is 9.18 Å². The summed E-state index contributed by atoms with van der Waals surface area (Å²) in [7, 11) is 0. The molecule has 0 aliphatic heterocycles. The smallest absolute Gasteiger partial charge is 0.313 e. The molecule has 2 aromatic rings. The minimum atomic E-state index is -0.323. The van der Waals surface area contributed by atoms with Crippen LogP contribution in [0.15, 0.2) is 18.2 Å². The zero-order valence-electron chi connectivity index (χ0n) is 11.1. The first-order valence-corrected chi connectivity index (χ1v) is 6.46. The molecular formula is C14H17FN2O2. The molecule has 4 nitrogen and oxygen atoms in total. The van der Waals surface area contributed by atoms with Gasteiger partial charge in [-0.3, -0.25) is 4.79 Å². The summed E-state index contributed by atoms with van der Waals surface area (Å²) >= 11 is 0. The Labute approximate surface area is 111 Å². The Morgan fingerprint density at radius 1 is 1.42 bits per heavy atom. The van der Waals surface area contributed by atoms with Crippen LogP contribution in [0.3, 0.4) is 0 Å². The Kier molecular flexibility index (Phi) is 4.14. The molecule has 0 atom stereocenters. The zero-order chi connectivity index (χ0) is 13.8. The number of hydrogen-bond acceptors (Lipinski definition) is 3. The van der Waals surface area contributed by atoms with Gasteiger partial charge in [0.2, 0.25) is 0 Å². The van der Waals surface area contributed by atoms with E-state index in [2.05, 4.69) is 4.98 Å². The van der Waals surface area contributed by atoms with Gasteiger partial charge in [-0.05, 0) is 25.5 Å². The van der Waals surface area contributed by atoms with Crippen LogP contribution in [0.2, 0.25) is 0 Å². The maximum atomic E-state index is 13.2. The van der Waals surface area contributed by atoms with Crippen LogP contribution in [-0.2, 0) is 22.5 Å². The summed E-state index contributed by atoms with van der Waals surface area (Å²) in [5.74, 6) is -0.00661. The molecule has 0 unspecified atom stereocenters. The molecule has 0 amide bonds. The third-order valence-corrected chi connectivity index (χ3v) is 2.84. The number of esters is 1. The van der Waals surface area contributed by atoms with Crippen molar-refractivity contribution in [3.05, 3.63) is 29.8 Å². The molecule has 0 fully saturated rings. The number of ether oxygens (including phenoxy) is 1. The van der Waals surface area contributed by atoms with Gasteiger partial charge in [0.15, 0.2) is 0 Å². The highest BCUT2D eigenvalue weighted by Crippen LogP contribution is 2.18. The molecule has 0 aliphatic rings. The van der Waals surface area contributed by atoms with Gasteiger partial charge in [-0.15, -0.1) is 0 Å². The average molecular weight is 264 g/mol. The summed E-state index contributed by atoms with van der Waals surface area (Å²) in [6, 6.07) is 4.49. The van der Waals surface area contributed by atoms with E-state index >= 15 is 0 Å². The van der Waals surface area contributed by atoms with Crippen molar-refractivity contribution in [3.63, 3.8) is 0 Å². The van der Waals surface area contributed by atoms with Gasteiger partial charge in [0.1, 0.15) is 18.1 Å². The van der Waals surface area contributed by atoms with Gasteiger partial charge in [0, 0.05) is 12.6 Å². The molecule has 0 N–H and O–H groups in total. The molecule has 5 heteroatoms. The molecule has 1 aromatic carbocycles. The van der Waals surface area contributed by atoms with Gasteiger partial charge < -0.3 is 9.30 Å². The number of hydrogen-bond donors (Lipinski definition) is 0. The van der Waals surface area contributed by atoms with E-state index in [1.54, 1.807) is 13.0 Å². The number of fused-ring (bicyclic) bond motifs is 1. The van der Waals surface area contributed by atoms with Crippen LogP contribution in [0.25, 0.3) is 11.0 Å². The lowest BCUT2D eigenvalue weighted by molar-refractivity contribution is -0.142. The normalized spacial score (nSPS) is 10.9. The first kappa shape index (κ1) is 13.5. The Balaban J connectivity index is 2.40. The second-order valence-electron chi connectivity index (χ2n) is 4.29. The van der Waals surface area contributed by atoms with Crippen LogP contribution in [0.5, 0.6) is 0 Å². The summed E-state index contributed by atoms with van der Waals surface area (Å²) < 4.78 is 20.1. The lowest BCUT2D eigenvalue weighted by Gasteiger charge is -2.07. The van der Waals surface area contributed by atoms with E-state index in [-0.39, 0.29) is 18.2 Å². The molecule has 1 aromatic heterocycles. The lowest BCUT2D eigenvalue weighted by atomic mass is 10.3. The van der Waals surface area contributed by atoms with Gasteiger partial charge >= 0.3 is 5.97 Å². The third-order valence-electron chi connectivity index (χ3n) is 2.84. The Morgan fingerprint density at radius 3 is 2.89 bits per heavy atom. The zero-order valence-corrected chi connectivity index (χ0v) is 11.1. The van der Waals surface area contributed by atoms with Gasteiger partial charge in [-0.25, -0.2) is 9.37 Å². The number of nitrogens with zero attached hydrogens (tertiary/aromatic N) is 2. The number of carbonyl (C=O) groups excluding carboxylic acids is 1. The Bertz CT molecular complexity index is 592. The average Bonchev–Trinajstić information content (AvgIpc) is 2.67. The van der Waals surface area contributed by atoms with E-state index < -0.39 is 0 Å². The fourth-order valence-electron chi connectivity index (χ4n) is 2.10. The van der Waals surface area contributed by atoms with Crippen LogP contribution in [-0.4, -0.2) is 22.1 Å². The van der Waals surface area contributed by atoms with E-state index in [0.717, 1.165) is 18.5 Å². The van der Waals surface area contributed by atoms with Crippen molar-refractivity contribution >= 4 is 17.0 Å². The van der Waals surface area contributed by atoms with Crippen molar-refractivity contribution in [2.75, 3.05) is 6.61 Å². The van der Waals surface area contributed by atoms with Gasteiger partial charge in [-0.1, -0.05) is 6.92 Å². The second-order valence-corrected chi connectivity index (χ2v) is 4.29. The topological polar surface area (TPSA) is 44.1 Å². The highest BCUT2D eigenvalue weighted by Gasteiger charge is 2.14. The van der Waals surface area contributed by atoms with E-state index in [1.165, 1.54) is 12.1 Å². The van der Waals surface area contributed by atoms with Crippen LogP contribution in [0.4, 0.5) is 4.39 Å². The second kappa shape index (κ2) is 5.82. The van der Waals surface area contributed by atoms with Gasteiger partial charge in [0.05, 0.1) is 17.6 Å². The van der Waals surface area contributed by atoms with Crippen molar-refractivity contribution in [2.45, 2.75) is 33.2 Å². The van der Waals surface area contributed by atoms with Crippen molar-refractivity contribution in [1.82, 2.24) is 9.55 Å². The van der Waals surface area contributed by atoms with Crippen LogP contribution >= 0.6 is 0 Å². The molecule has 0 spiro atoms. The molecule has 19 heavy (non-hydrogen) atoms. The minimum absolute atomic E-state index is 0.115. The summed E-state index contributed by atoms with van der Waals surface area (Å²) in [5, 5.41) is 0. The predicted molar refractivity (Wildman–Crippen MR) is 70.3 cm³/mol. The highest BCUT2D eigenvalue weighted by molar-refractivity contribution is 5.78. The molecule has 0 radical (unpaired) electrons. The number of imidazole rings is 1. The molecule has 0 saturated heterocycles. The number of halogens is 1. The van der Waals surface area contributed by atoms with E-state index in [4.69, 9.17) is 4.74 Å². The number of carbonyl (C=O) groups is 1. The summed E-state index contributed by atoms with van der Waals surface area (Å²) in [4.78, 5) is 15.9. The first-order valence-electron chi connectivity index (χ1n) is 6.46. The monoisotopic (exact) mass is 264 g/mol. The fourth-order valence-corrected chi connectivity index (χ4v) is 2.10. The molecule has 1 heterocycles. The molecule has 0 saturated carbocycles. The number of aromatic nitrogens is 2. The third kappa shape index (κ3) is 2.92.